The summed E-state index contributed by atoms with van der Waals surface area (Å²) in [4.78, 5) is 30.3. The van der Waals surface area contributed by atoms with E-state index in [-0.39, 0.29) is 23.2 Å². The number of benzene rings is 1. The summed E-state index contributed by atoms with van der Waals surface area (Å²) >= 11 is 1.27. The quantitative estimate of drug-likeness (QED) is 0.534. The van der Waals surface area contributed by atoms with Crippen LogP contribution in [0, 0.1) is 12.7 Å². The Morgan fingerprint density at radius 2 is 2.14 bits per heavy atom. The molecule has 8 heteroatoms. The van der Waals surface area contributed by atoms with Crippen LogP contribution < -0.4 is 15.9 Å². The third-order valence-corrected chi connectivity index (χ3v) is 5.85. The van der Waals surface area contributed by atoms with Crippen LogP contribution in [-0.2, 0) is 24.2 Å². The zero-order valence-corrected chi connectivity index (χ0v) is 17.3. The highest BCUT2D eigenvalue weighted by Gasteiger charge is 2.22. The van der Waals surface area contributed by atoms with Crippen LogP contribution in [0.3, 0.4) is 0 Å². The van der Waals surface area contributed by atoms with Crippen molar-refractivity contribution in [3.8, 4) is 0 Å². The van der Waals surface area contributed by atoms with Crippen LogP contribution in [0.25, 0.3) is 0 Å². The van der Waals surface area contributed by atoms with E-state index in [1.165, 1.54) is 22.7 Å². The fourth-order valence-electron chi connectivity index (χ4n) is 3.27. The molecule has 0 atom stereocenters. The number of hydrogen-bond donors (Lipinski definition) is 2. The predicted octanol–water partition coefficient (Wildman–Crippen LogP) is 1.05. The summed E-state index contributed by atoms with van der Waals surface area (Å²) in [5, 5.41) is 3.34. The van der Waals surface area contributed by atoms with Gasteiger partial charge >= 0.3 is 5.69 Å². The van der Waals surface area contributed by atoms with E-state index in [4.69, 9.17) is 0 Å². The predicted molar refractivity (Wildman–Crippen MR) is 109 cm³/mol. The Labute approximate surface area is 168 Å². The van der Waals surface area contributed by atoms with Gasteiger partial charge in [-0.15, -0.1) is 0 Å². The normalized spacial score (nSPS) is 13.0. The number of fused-ring (bicyclic) bond motifs is 1. The minimum atomic E-state index is -0.354. The third-order valence-electron chi connectivity index (χ3n) is 4.83. The summed E-state index contributed by atoms with van der Waals surface area (Å²) in [6.45, 7) is 3.18. The topological polar surface area (TPSA) is 68.4 Å². The lowest BCUT2D eigenvalue weighted by Crippen LogP contribution is -3.06. The van der Waals surface area contributed by atoms with Crippen LogP contribution in [0.15, 0.2) is 28.0 Å². The molecule has 0 fully saturated rings. The third kappa shape index (κ3) is 4.80. The number of thioether (sulfide) groups is 1. The highest BCUT2D eigenvalue weighted by molar-refractivity contribution is 8.00. The number of anilines is 1. The number of likely N-dealkylation sites (N-methyl/N-ethyl adjacent to an activating group) is 1. The molecule has 0 saturated heterocycles. The van der Waals surface area contributed by atoms with Crippen LogP contribution in [0.2, 0.25) is 0 Å². The lowest BCUT2D eigenvalue weighted by Gasteiger charge is -2.15. The van der Waals surface area contributed by atoms with Crippen molar-refractivity contribution in [2.45, 2.75) is 37.8 Å². The van der Waals surface area contributed by atoms with Gasteiger partial charge in [-0.1, -0.05) is 17.8 Å². The lowest BCUT2D eigenvalue weighted by molar-refractivity contribution is -0.859. The van der Waals surface area contributed by atoms with Gasteiger partial charge in [0.05, 0.1) is 32.9 Å². The summed E-state index contributed by atoms with van der Waals surface area (Å²) < 4.78 is 15.4. The molecule has 1 aromatic carbocycles. The van der Waals surface area contributed by atoms with Crippen molar-refractivity contribution >= 4 is 23.4 Å². The van der Waals surface area contributed by atoms with Gasteiger partial charge in [-0.3, -0.25) is 9.36 Å². The highest BCUT2D eigenvalue weighted by Crippen LogP contribution is 2.29. The molecule has 2 N–H and O–H groups in total. The van der Waals surface area contributed by atoms with Gasteiger partial charge in [-0.05, 0) is 43.9 Å². The molecule has 0 unspecified atom stereocenters. The summed E-state index contributed by atoms with van der Waals surface area (Å²) in [5.74, 6) is -0.476. The van der Waals surface area contributed by atoms with Gasteiger partial charge in [-0.25, -0.2) is 9.18 Å². The minimum absolute atomic E-state index is 0.125. The smallest absolute Gasteiger partial charge is 0.338 e. The van der Waals surface area contributed by atoms with Crippen molar-refractivity contribution in [1.82, 2.24) is 9.55 Å². The van der Waals surface area contributed by atoms with E-state index in [9.17, 15) is 14.0 Å². The van der Waals surface area contributed by atoms with Crippen LogP contribution in [0.4, 0.5) is 10.1 Å². The number of nitrogens with one attached hydrogen (secondary N) is 2. The monoisotopic (exact) mass is 405 g/mol. The second-order valence-corrected chi connectivity index (χ2v) is 8.35. The molecule has 2 aromatic rings. The Bertz CT molecular complexity index is 943. The maximum absolute atomic E-state index is 13.6. The van der Waals surface area contributed by atoms with Crippen molar-refractivity contribution in [2.75, 3.05) is 31.7 Å². The Morgan fingerprint density at radius 3 is 2.86 bits per heavy atom. The zero-order valence-electron chi connectivity index (χ0n) is 16.5. The molecule has 1 amide bonds. The molecule has 3 rings (SSSR count). The molecular formula is C20H26FN4O2S+. The zero-order chi connectivity index (χ0) is 20.3. The number of halogens is 1. The average molecular weight is 406 g/mol. The van der Waals surface area contributed by atoms with Crippen LogP contribution in [-0.4, -0.2) is 41.9 Å². The maximum atomic E-state index is 13.6. The molecule has 0 aliphatic heterocycles. The van der Waals surface area contributed by atoms with E-state index in [1.54, 1.807) is 23.6 Å². The Morgan fingerprint density at radius 1 is 1.36 bits per heavy atom. The van der Waals surface area contributed by atoms with Gasteiger partial charge < -0.3 is 10.2 Å². The number of aromatic nitrogens is 2. The molecule has 6 nitrogen and oxygen atoms in total. The number of hydrogen-bond acceptors (Lipinski definition) is 4. The fourth-order valence-corrected chi connectivity index (χ4v) is 4.15. The van der Waals surface area contributed by atoms with Gasteiger partial charge in [0.2, 0.25) is 5.91 Å². The fraction of sp³-hybridized carbons (Fsp3) is 0.450. The number of aryl methyl sites for hydroxylation is 1. The number of carbonyl (C=O) groups excluding carboxylic acids is 1. The first-order valence-electron chi connectivity index (χ1n) is 9.45. The first kappa shape index (κ1) is 20.5. The van der Waals surface area contributed by atoms with Crippen LogP contribution in [0.1, 0.15) is 23.2 Å². The number of quaternary nitrogens is 1. The first-order chi connectivity index (χ1) is 13.3. The number of nitrogens with zero attached hydrogens (tertiary/aromatic N) is 2. The van der Waals surface area contributed by atoms with Gasteiger partial charge in [0.25, 0.3) is 0 Å². The first-order valence-corrected chi connectivity index (χ1v) is 10.4. The van der Waals surface area contributed by atoms with Gasteiger partial charge in [0.1, 0.15) is 10.8 Å². The standard InChI is InChI=1S/C20H25FN4O2S/c1-13-7-8-14(11-16(13)21)22-18(26)12-28-19-15-5-4-6-17(15)25(20(27)23-19)10-9-24(2)3/h7-8,11H,4-6,9-10,12H2,1-3H3,(H,22,26)/p+1. The van der Waals surface area contributed by atoms with E-state index < -0.39 is 0 Å². The molecule has 1 heterocycles. The molecule has 0 radical (unpaired) electrons. The summed E-state index contributed by atoms with van der Waals surface area (Å²) in [6.07, 6.45) is 2.75. The number of rotatable bonds is 7. The van der Waals surface area contributed by atoms with Crippen molar-refractivity contribution in [3.05, 3.63) is 51.3 Å². The van der Waals surface area contributed by atoms with Crippen molar-refractivity contribution in [2.24, 2.45) is 0 Å². The Hall–Kier alpha value is -2.19. The van der Waals surface area contributed by atoms with Gasteiger partial charge in [0.15, 0.2) is 0 Å². The Kier molecular flexibility index (Phi) is 6.51. The van der Waals surface area contributed by atoms with E-state index in [0.717, 1.165) is 37.1 Å². The molecule has 0 bridgehead atoms. The average Bonchev–Trinajstić information content (AvgIpc) is 3.11. The van der Waals surface area contributed by atoms with E-state index in [2.05, 4.69) is 24.4 Å². The molecule has 0 spiro atoms. The van der Waals surface area contributed by atoms with E-state index in [1.807, 2.05) is 0 Å². The van der Waals surface area contributed by atoms with E-state index in [0.29, 0.717) is 22.8 Å². The summed E-state index contributed by atoms with van der Waals surface area (Å²) in [5.41, 5.74) is 2.86. The molecule has 0 saturated carbocycles. The van der Waals surface area contributed by atoms with Crippen molar-refractivity contribution < 1.29 is 14.1 Å². The maximum Gasteiger partial charge on any atom is 0.349 e. The van der Waals surface area contributed by atoms with E-state index >= 15 is 0 Å². The largest absolute Gasteiger partial charge is 0.349 e. The van der Waals surface area contributed by atoms with Gasteiger partial charge in [-0.2, -0.15) is 4.98 Å². The minimum Gasteiger partial charge on any atom is -0.338 e. The Balaban J connectivity index is 1.70. The van der Waals surface area contributed by atoms with Crippen LogP contribution in [0.5, 0.6) is 0 Å². The molecule has 28 heavy (non-hydrogen) atoms. The molecule has 1 aliphatic carbocycles. The number of amides is 1. The number of carbonyl (C=O) groups is 1. The highest BCUT2D eigenvalue weighted by atomic mass is 32.2. The molecule has 1 aromatic heterocycles. The molecular weight excluding hydrogens is 379 g/mol. The van der Waals surface area contributed by atoms with Crippen LogP contribution >= 0.6 is 11.8 Å². The van der Waals surface area contributed by atoms with Gasteiger partial charge in [0, 0.05) is 16.9 Å². The summed E-state index contributed by atoms with van der Waals surface area (Å²) in [7, 11) is 4.11. The lowest BCUT2D eigenvalue weighted by atomic mass is 10.2. The molecule has 1 aliphatic rings. The summed E-state index contributed by atoms with van der Waals surface area (Å²) in [6, 6.07) is 4.61. The second kappa shape index (κ2) is 8.87. The van der Waals surface area contributed by atoms with Crippen molar-refractivity contribution in [1.29, 1.82) is 0 Å². The van der Waals surface area contributed by atoms with Crippen molar-refractivity contribution in [3.63, 3.8) is 0 Å². The molecule has 150 valence electrons. The SMILES string of the molecule is Cc1ccc(NC(=O)CSc2nc(=O)n(CC[NH+](C)C)c3c2CCC3)cc1F. The second-order valence-electron chi connectivity index (χ2n) is 7.39.